The number of hydrogen-bond acceptors (Lipinski definition) is 6. The number of hydrogen-bond donors (Lipinski definition) is 2. The Morgan fingerprint density at radius 2 is 1.94 bits per heavy atom. The molecule has 2 N–H and O–H groups in total. The lowest BCUT2D eigenvalue weighted by molar-refractivity contribution is -0.131. The number of imidazole rings is 1. The molecule has 0 spiro atoms. The summed E-state index contributed by atoms with van der Waals surface area (Å²) >= 11 is 0. The molecule has 10 heteroatoms. The number of nitrogens with one attached hydrogen (secondary N) is 1. The van der Waals surface area contributed by atoms with Crippen molar-refractivity contribution in [3.8, 4) is 11.3 Å². The summed E-state index contributed by atoms with van der Waals surface area (Å²) in [4.78, 5) is 35.0. The van der Waals surface area contributed by atoms with E-state index in [1.165, 1.54) is 29.0 Å². The Balaban J connectivity index is 1.71. The van der Waals surface area contributed by atoms with Gasteiger partial charge in [0, 0.05) is 17.9 Å². The molecule has 9 nitrogen and oxygen atoms in total. The lowest BCUT2D eigenvalue weighted by Crippen LogP contribution is -2.17. The van der Waals surface area contributed by atoms with Gasteiger partial charge in [-0.2, -0.15) is 0 Å². The molecule has 0 aliphatic carbocycles. The molecule has 0 saturated carbocycles. The summed E-state index contributed by atoms with van der Waals surface area (Å²) in [7, 11) is -3.31. The van der Waals surface area contributed by atoms with Gasteiger partial charge in [-0.15, -0.1) is 0 Å². The number of carboxylic acids is 1. The van der Waals surface area contributed by atoms with E-state index in [0.29, 0.717) is 28.1 Å². The number of fused-ring (bicyclic) bond motifs is 1. The third-order valence-corrected chi connectivity index (χ3v) is 5.90. The van der Waals surface area contributed by atoms with E-state index in [0.717, 1.165) is 17.9 Å². The summed E-state index contributed by atoms with van der Waals surface area (Å²) in [5.74, 6) is -1.04. The van der Waals surface area contributed by atoms with Gasteiger partial charge >= 0.3 is 11.7 Å². The highest BCUT2D eigenvalue weighted by Gasteiger charge is 2.13. The predicted molar refractivity (Wildman–Crippen MR) is 119 cm³/mol. The summed E-state index contributed by atoms with van der Waals surface area (Å²) in [6, 6.07) is 13.4. The van der Waals surface area contributed by atoms with Crippen molar-refractivity contribution >= 4 is 33.2 Å². The van der Waals surface area contributed by atoms with Gasteiger partial charge in [-0.3, -0.25) is 9.55 Å². The van der Waals surface area contributed by atoms with E-state index in [1.54, 1.807) is 30.3 Å². The fraction of sp³-hybridized carbons (Fsp3) is 0.0909. The standard InChI is InChI=1S/C22H18N4O5S/c1-32(30,31)17-8-5-15(6-9-17)13-26-21-20(25-22(26)29)23-12-18(24-21)16-4-2-3-14(11-16)7-10-19(27)28/h2-12H,13H2,1H3,(H,27,28)(H,23,25,29)/b10-7+. The first-order valence-corrected chi connectivity index (χ1v) is 11.4. The van der Waals surface area contributed by atoms with Gasteiger partial charge in [-0.25, -0.2) is 28.0 Å². The SMILES string of the molecule is CS(=O)(=O)c1ccc(Cn2c(=O)[nH]c3ncc(-c4cccc(/C=C/C(=O)O)c4)nc32)cc1. The van der Waals surface area contributed by atoms with Crippen LogP contribution in [-0.4, -0.2) is 45.3 Å². The van der Waals surface area contributed by atoms with E-state index in [9.17, 15) is 18.0 Å². The van der Waals surface area contributed by atoms with Crippen LogP contribution in [0, 0.1) is 0 Å². The number of aromatic nitrogens is 4. The second kappa shape index (κ2) is 8.23. The molecule has 2 aromatic carbocycles. The van der Waals surface area contributed by atoms with Gasteiger partial charge < -0.3 is 5.11 Å². The topological polar surface area (TPSA) is 135 Å². The lowest BCUT2D eigenvalue weighted by atomic mass is 10.1. The summed E-state index contributed by atoms with van der Waals surface area (Å²) < 4.78 is 24.7. The Morgan fingerprint density at radius 1 is 1.19 bits per heavy atom. The van der Waals surface area contributed by atoms with Crippen LogP contribution in [0.2, 0.25) is 0 Å². The smallest absolute Gasteiger partial charge is 0.329 e. The first-order chi connectivity index (χ1) is 15.2. The van der Waals surface area contributed by atoms with Crippen molar-refractivity contribution in [2.45, 2.75) is 11.4 Å². The minimum absolute atomic E-state index is 0.183. The Bertz CT molecular complexity index is 1520. The number of H-pyrrole nitrogens is 1. The van der Waals surface area contributed by atoms with E-state index < -0.39 is 15.8 Å². The second-order valence-corrected chi connectivity index (χ2v) is 9.17. The minimum Gasteiger partial charge on any atom is -0.478 e. The van der Waals surface area contributed by atoms with E-state index >= 15 is 0 Å². The predicted octanol–water partition coefficient (Wildman–Crippen LogP) is 2.34. The van der Waals surface area contributed by atoms with E-state index in [1.807, 2.05) is 6.07 Å². The molecular formula is C22H18N4O5S. The van der Waals surface area contributed by atoms with Crippen LogP contribution in [0.25, 0.3) is 28.6 Å². The average Bonchev–Trinajstić information content (AvgIpc) is 3.06. The van der Waals surface area contributed by atoms with Crippen LogP contribution in [0.4, 0.5) is 0 Å². The average molecular weight is 450 g/mol. The third kappa shape index (κ3) is 4.49. The van der Waals surface area contributed by atoms with E-state index in [-0.39, 0.29) is 17.1 Å². The van der Waals surface area contributed by atoms with Crippen molar-refractivity contribution in [1.29, 1.82) is 0 Å². The van der Waals surface area contributed by atoms with E-state index in [4.69, 9.17) is 5.11 Å². The molecule has 4 aromatic rings. The van der Waals surface area contributed by atoms with Gasteiger partial charge in [0.15, 0.2) is 21.1 Å². The maximum Gasteiger partial charge on any atom is 0.329 e. The summed E-state index contributed by atoms with van der Waals surface area (Å²) in [6.07, 6.45) is 5.19. The number of carboxylic acid groups (broad SMARTS) is 1. The Kier molecular flexibility index (Phi) is 5.45. The largest absolute Gasteiger partial charge is 0.478 e. The maximum absolute atomic E-state index is 12.5. The highest BCUT2D eigenvalue weighted by atomic mass is 32.2. The van der Waals surface area contributed by atoms with Gasteiger partial charge in [0.2, 0.25) is 0 Å². The van der Waals surface area contributed by atoms with Gasteiger partial charge in [0.25, 0.3) is 0 Å². The van der Waals surface area contributed by atoms with Crippen LogP contribution >= 0.6 is 0 Å². The van der Waals surface area contributed by atoms with Crippen molar-refractivity contribution in [2.24, 2.45) is 0 Å². The number of rotatable bonds is 6. The highest BCUT2D eigenvalue weighted by molar-refractivity contribution is 7.90. The maximum atomic E-state index is 12.5. The van der Waals surface area contributed by atoms with Gasteiger partial charge in [-0.1, -0.05) is 30.3 Å². The quantitative estimate of drug-likeness (QED) is 0.430. The number of benzene rings is 2. The third-order valence-electron chi connectivity index (χ3n) is 4.77. The van der Waals surface area contributed by atoms with Gasteiger partial charge in [0.05, 0.1) is 23.3 Å². The molecular weight excluding hydrogens is 432 g/mol. The molecule has 0 bridgehead atoms. The molecule has 0 amide bonds. The first kappa shape index (κ1) is 21.2. The number of sulfone groups is 1. The van der Waals surface area contributed by atoms with Crippen LogP contribution in [0.15, 0.2) is 70.5 Å². The molecule has 0 radical (unpaired) electrons. The van der Waals surface area contributed by atoms with Crippen molar-refractivity contribution < 1.29 is 18.3 Å². The molecule has 2 heterocycles. The van der Waals surface area contributed by atoms with Crippen LogP contribution in [0.3, 0.4) is 0 Å². The zero-order valence-electron chi connectivity index (χ0n) is 16.9. The normalized spacial score (nSPS) is 11.9. The Morgan fingerprint density at radius 3 is 2.62 bits per heavy atom. The molecule has 0 aliphatic rings. The zero-order chi connectivity index (χ0) is 22.9. The zero-order valence-corrected chi connectivity index (χ0v) is 17.7. The summed E-state index contributed by atoms with van der Waals surface area (Å²) in [6.45, 7) is 0.183. The van der Waals surface area contributed by atoms with Gasteiger partial charge in [-0.05, 0) is 35.4 Å². The molecule has 162 valence electrons. The van der Waals surface area contributed by atoms with Crippen LogP contribution < -0.4 is 5.69 Å². The Hall–Kier alpha value is -4.05. The Labute approximate surface area is 182 Å². The van der Waals surface area contributed by atoms with E-state index in [2.05, 4.69) is 15.0 Å². The number of aromatic amines is 1. The fourth-order valence-electron chi connectivity index (χ4n) is 3.20. The highest BCUT2D eigenvalue weighted by Crippen LogP contribution is 2.21. The second-order valence-electron chi connectivity index (χ2n) is 7.16. The van der Waals surface area contributed by atoms with Crippen molar-refractivity contribution in [1.82, 2.24) is 19.5 Å². The van der Waals surface area contributed by atoms with Crippen molar-refractivity contribution in [3.63, 3.8) is 0 Å². The molecule has 0 unspecified atom stereocenters. The molecule has 2 aromatic heterocycles. The summed E-state index contributed by atoms with van der Waals surface area (Å²) in [5, 5.41) is 8.81. The van der Waals surface area contributed by atoms with Crippen LogP contribution in [-0.2, 0) is 21.2 Å². The molecule has 0 aliphatic heterocycles. The van der Waals surface area contributed by atoms with Crippen molar-refractivity contribution in [2.75, 3.05) is 6.26 Å². The number of nitrogens with zero attached hydrogens (tertiary/aromatic N) is 3. The number of aliphatic carboxylic acids is 1. The van der Waals surface area contributed by atoms with Crippen molar-refractivity contribution in [3.05, 3.63) is 82.4 Å². The fourth-order valence-corrected chi connectivity index (χ4v) is 3.83. The lowest BCUT2D eigenvalue weighted by Gasteiger charge is -2.06. The van der Waals surface area contributed by atoms with Crippen LogP contribution in [0.5, 0.6) is 0 Å². The van der Waals surface area contributed by atoms with Crippen LogP contribution in [0.1, 0.15) is 11.1 Å². The molecule has 0 atom stereocenters. The summed E-state index contributed by atoms with van der Waals surface area (Å²) in [5.41, 5.74) is 2.94. The monoisotopic (exact) mass is 450 g/mol. The van der Waals surface area contributed by atoms with Gasteiger partial charge in [0.1, 0.15) is 0 Å². The molecule has 0 fully saturated rings. The number of carbonyl (C=O) groups is 1. The molecule has 4 rings (SSSR count). The molecule has 32 heavy (non-hydrogen) atoms. The first-order valence-electron chi connectivity index (χ1n) is 9.47. The molecule has 0 saturated heterocycles. The minimum atomic E-state index is -3.31.